The van der Waals surface area contributed by atoms with E-state index in [0.29, 0.717) is 18.8 Å². The van der Waals surface area contributed by atoms with Gasteiger partial charge in [-0.25, -0.2) is 5.10 Å². The minimum atomic E-state index is -0.385. The maximum atomic E-state index is 11.2. The summed E-state index contributed by atoms with van der Waals surface area (Å²) in [5.74, 6) is 0. The summed E-state index contributed by atoms with van der Waals surface area (Å²) in [5, 5.41) is 9.14. The van der Waals surface area contributed by atoms with E-state index in [-0.39, 0.29) is 10.6 Å². The van der Waals surface area contributed by atoms with Crippen LogP contribution in [0, 0.1) is 0 Å². The maximum absolute atomic E-state index is 11.2. The highest BCUT2D eigenvalue weighted by atomic mass is 35.5. The van der Waals surface area contributed by atoms with E-state index in [0.717, 1.165) is 13.1 Å². The number of aromatic amines is 1. The zero-order valence-corrected chi connectivity index (χ0v) is 10.8. The van der Waals surface area contributed by atoms with Crippen molar-refractivity contribution in [3.8, 4) is 0 Å². The van der Waals surface area contributed by atoms with Crippen LogP contribution in [0.3, 0.4) is 0 Å². The van der Waals surface area contributed by atoms with Crippen LogP contribution < -0.4 is 10.9 Å². The topological polar surface area (TPSA) is 70.2 Å². The van der Waals surface area contributed by atoms with Gasteiger partial charge in [-0.15, -0.1) is 0 Å². The lowest BCUT2D eigenvalue weighted by Gasteiger charge is -2.16. The van der Waals surface area contributed by atoms with Crippen LogP contribution in [-0.2, 0) is 4.74 Å². The predicted molar refractivity (Wildman–Crippen MR) is 67.7 cm³/mol. The zero-order valence-electron chi connectivity index (χ0n) is 9.99. The number of methoxy groups -OCH3 is 1. The number of likely N-dealkylation sites (N-methyl/N-ethyl adjacent to an activating group) is 1. The van der Waals surface area contributed by atoms with Crippen LogP contribution in [0.25, 0.3) is 0 Å². The second-order valence-electron chi connectivity index (χ2n) is 3.65. The Bertz CT molecular complexity index is 396. The number of nitrogens with one attached hydrogen (secondary N) is 2. The third-order valence-corrected chi connectivity index (χ3v) is 2.66. The summed E-state index contributed by atoms with van der Waals surface area (Å²) in [7, 11) is 3.67. The van der Waals surface area contributed by atoms with E-state index >= 15 is 0 Å². The van der Waals surface area contributed by atoms with Gasteiger partial charge in [0.1, 0.15) is 5.02 Å². The number of hydrogen-bond donors (Lipinski definition) is 2. The molecule has 0 atom stereocenters. The lowest BCUT2D eigenvalue weighted by molar-refractivity contribution is 0.163. The van der Waals surface area contributed by atoms with E-state index in [1.54, 1.807) is 7.11 Å². The summed E-state index contributed by atoms with van der Waals surface area (Å²) in [5.41, 5.74) is 0.167. The van der Waals surface area contributed by atoms with Crippen LogP contribution in [-0.4, -0.2) is 55.5 Å². The lowest BCUT2D eigenvalue weighted by Crippen LogP contribution is -2.28. The summed E-state index contributed by atoms with van der Waals surface area (Å²) in [6.07, 6.45) is 1.50. The van der Waals surface area contributed by atoms with Crippen molar-refractivity contribution in [1.29, 1.82) is 0 Å². The van der Waals surface area contributed by atoms with Crippen molar-refractivity contribution in [1.82, 2.24) is 15.1 Å². The molecule has 0 aromatic carbocycles. The predicted octanol–water partition coefficient (Wildman–Crippen LogP) is 0.413. The van der Waals surface area contributed by atoms with E-state index < -0.39 is 0 Å². The van der Waals surface area contributed by atoms with E-state index in [1.807, 2.05) is 7.05 Å². The third kappa shape index (κ3) is 4.72. The molecular weight excluding hydrogens is 244 g/mol. The highest BCUT2D eigenvalue weighted by molar-refractivity contribution is 6.32. The minimum absolute atomic E-state index is 0.138. The molecule has 0 aliphatic rings. The fourth-order valence-corrected chi connectivity index (χ4v) is 1.40. The molecule has 96 valence electrons. The first-order chi connectivity index (χ1) is 8.15. The number of hydrogen-bond acceptors (Lipinski definition) is 5. The van der Waals surface area contributed by atoms with Gasteiger partial charge in [-0.3, -0.25) is 4.79 Å². The molecular formula is C10H17ClN4O2. The maximum Gasteiger partial charge on any atom is 0.285 e. The highest BCUT2D eigenvalue weighted by Gasteiger charge is 2.04. The monoisotopic (exact) mass is 260 g/mol. The zero-order chi connectivity index (χ0) is 12.7. The van der Waals surface area contributed by atoms with Crippen LogP contribution in [0.15, 0.2) is 11.0 Å². The van der Waals surface area contributed by atoms with Crippen molar-refractivity contribution in [3.05, 3.63) is 21.6 Å². The Balaban J connectivity index is 2.36. The molecule has 7 heteroatoms. The number of H-pyrrole nitrogens is 1. The Kier molecular flexibility index (Phi) is 5.96. The number of ether oxygens (including phenoxy) is 1. The number of anilines is 1. The molecule has 0 amide bonds. The Morgan fingerprint density at radius 3 is 3.06 bits per heavy atom. The highest BCUT2D eigenvalue weighted by Crippen LogP contribution is 2.13. The molecule has 0 aliphatic carbocycles. The van der Waals surface area contributed by atoms with Crippen molar-refractivity contribution in [3.63, 3.8) is 0 Å². The summed E-state index contributed by atoms with van der Waals surface area (Å²) in [6, 6.07) is 0. The van der Waals surface area contributed by atoms with E-state index in [4.69, 9.17) is 16.3 Å². The fraction of sp³-hybridized carbons (Fsp3) is 0.600. The summed E-state index contributed by atoms with van der Waals surface area (Å²) in [4.78, 5) is 13.3. The van der Waals surface area contributed by atoms with Crippen molar-refractivity contribution in [2.75, 3.05) is 45.7 Å². The van der Waals surface area contributed by atoms with Crippen LogP contribution in [0.4, 0.5) is 5.69 Å². The smallest absolute Gasteiger partial charge is 0.285 e. The third-order valence-electron chi connectivity index (χ3n) is 2.28. The molecule has 0 bridgehead atoms. The molecule has 1 heterocycles. The molecule has 0 radical (unpaired) electrons. The van der Waals surface area contributed by atoms with E-state index in [9.17, 15) is 4.79 Å². The van der Waals surface area contributed by atoms with Gasteiger partial charge in [0.25, 0.3) is 5.56 Å². The molecule has 1 aromatic heterocycles. The van der Waals surface area contributed by atoms with Gasteiger partial charge in [-0.05, 0) is 7.05 Å². The average Bonchev–Trinajstić information content (AvgIpc) is 2.32. The molecule has 0 spiro atoms. The molecule has 1 aromatic rings. The van der Waals surface area contributed by atoms with E-state index in [2.05, 4.69) is 20.4 Å². The van der Waals surface area contributed by atoms with E-state index in [1.165, 1.54) is 6.20 Å². The Morgan fingerprint density at radius 2 is 2.35 bits per heavy atom. The summed E-state index contributed by atoms with van der Waals surface area (Å²) < 4.78 is 4.97. The van der Waals surface area contributed by atoms with Crippen LogP contribution in [0.1, 0.15) is 0 Å². The van der Waals surface area contributed by atoms with Crippen LogP contribution in [0.2, 0.25) is 5.02 Å². The van der Waals surface area contributed by atoms with Gasteiger partial charge in [-0.2, -0.15) is 5.10 Å². The number of aromatic nitrogens is 2. The Morgan fingerprint density at radius 1 is 1.59 bits per heavy atom. The number of rotatable bonds is 7. The first kappa shape index (κ1) is 14.0. The molecule has 0 aliphatic heterocycles. The van der Waals surface area contributed by atoms with Gasteiger partial charge in [0, 0.05) is 26.7 Å². The Hall–Kier alpha value is -1.11. The molecule has 0 fully saturated rings. The molecule has 0 saturated heterocycles. The first-order valence-corrected chi connectivity index (χ1v) is 5.67. The molecule has 1 rings (SSSR count). The molecule has 0 saturated carbocycles. The van der Waals surface area contributed by atoms with Gasteiger partial charge in [-0.1, -0.05) is 11.6 Å². The molecule has 17 heavy (non-hydrogen) atoms. The molecule has 0 unspecified atom stereocenters. The standard InChI is InChI=1S/C10H17ClN4O2/c1-15(5-6-17-2)4-3-12-8-7-13-14-10(16)9(8)11/h7H,3-6H2,1-2H3,(H2,12,14,16). The largest absolute Gasteiger partial charge is 0.383 e. The summed E-state index contributed by atoms with van der Waals surface area (Å²) >= 11 is 5.81. The van der Waals surface area contributed by atoms with Crippen molar-refractivity contribution >= 4 is 17.3 Å². The van der Waals surface area contributed by atoms with Gasteiger partial charge >= 0.3 is 0 Å². The SMILES string of the molecule is COCCN(C)CCNc1cn[nH]c(=O)c1Cl. The lowest BCUT2D eigenvalue weighted by atomic mass is 10.4. The summed E-state index contributed by atoms with van der Waals surface area (Å²) in [6.45, 7) is 3.07. The van der Waals surface area contributed by atoms with Crippen LogP contribution in [0.5, 0.6) is 0 Å². The van der Waals surface area contributed by atoms with Gasteiger partial charge in [0.2, 0.25) is 0 Å². The average molecular weight is 261 g/mol. The first-order valence-electron chi connectivity index (χ1n) is 5.29. The fourth-order valence-electron chi connectivity index (χ4n) is 1.25. The van der Waals surface area contributed by atoms with Crippen molar-refractivity contribution in [2.24, 2.45) is 0 Å². The van der Waals surface area contributed by atoms with Gasteiger partial charge in [0.15, 0.2) is 0 Å². The Labute approximate surface area is 105 Å². The second-order valence-corrected chi connectivity index (χ2v) is 4.03. The molecule has 2 N–H and O–H groups in total. The van der Waals surface area contributed by atoms with Crippen molar-refractivity contribution < 1.29 is 4.74 Å². The van der Waals surface area contributed by atoms with Crippen LogP contribution >= 0.6 is 11.6 Å². The number of halogens is 1. The number of nitrogens with zero attached hydrogens (tertiary/aromatic N) is 2. The van der Waals surface area contributed by atoms with Gasteiger partial charge in [0.05, 0.1) is 18.5 Å². The normalized spacial score (nSPS) is 10.8. The van der Waals surface area contributed by atoms with Crippen molar-refractivity contribution in [2.45, 2.75) is 0 Å². The quantitative estimate of drug-likeness (QED) is 0.743. The minimum Gasteiger partial charge on any atom is -0.383 e. The second kappa shape index (κ2) is 7.26. The van der Waals surface area contributed by atoms with Gasteiger partial charge < -0.3 is 15.0 Å². The molecule has 6 nitrogen and oxygen atoms in total.